The van der Waals surface area contributed by atoms with Gasteiger partial charge in [0.2, 0.25) is 5.91 Å². The molecule has 2 aliphatic heterocycles. The summed E-state index contributed by atoms with van der Waals surface area (Å²) in [5, 5.41) is 8.77. The summed E-state index contributed by atoms with van der Waals surface area (Å²) in [7, 11) is 0. The Labute approximate surface area is 264 Å². The van der Waals surface area contributed by atoms with Crippen molar-refractivity contribution in [3.8, 4) is 0 Å². The molecule has 3 N–H and O–H groups in total. The van der Waals surface area contributed by atoms with Crippen molar-refractivity contribution in [2.24, 2.45) is 17.8 Å². The average molecular weight is 618 g/mol. The molecule has 2 saturated heterocycles. The van der Waals surface area contributed by atoms with Gasteiger partial charge in [0.1, 0.15) is 0 Å². The van der Waals surface area contributed by atoms with Crippen molar-refractivity contribution in [3.05, 3.63) is 34.9 Å². The molecule has 5 nitrogen and oxygen atoms in total. The molecular weight excluding hydrogens is 562 g/mol. The molecule has 2 heterocycles. The molecule has 42 heavy (non-hydrogen) atoms. The van der Waals surface area contributed by atoms with Gasteiger partial charge < -0.3 is 10.2 Å². The number of carbonyl (C=O) groups is 1. The van der Waals surface area contributed by atoms with Crippen molar-refractivity contribution >= 4 is 29.3 Å². The minimum atomic E-state index is -0.120. The number of amides is 1. The van der Waals surface area contributed by atoms with Gasteiger partial charge in [-0.2, -0.15) is 5.48 Å². The summed E-state index contributed by atoms with van der Waals surface area (Å²) in [6, 6.07) is 8.64. The third-order valence-electron chi connectivity index (χ3n) is 11.0. The van der Waals surface area contributed by atoms with Crippen molar-refractivity contribution in [2.45, 2.75) is 145 Å². The summed E-state index contributed by atoms with van der Waals surface area (Å²) < 4.78 is 0. The van der Waals surface area contributed by atoms with Crippen LogP contribution in [0.15, 0.2) is 24.3 Å². The maximum absolute atomic E-state index is 13.5. The highest BCUT2D eigenvalue weighted by Crippen LogP contribution is 2.44. The molecule has 0 radical (unpaired) electrons. The number of nitrogens with one attached hydrogen (secondary N) is 3. The lowest BCUT2D eigenvalue weighted by atomic mass is 9.70. The maximum atomic E-state index is 13.5. The molecule has 1 amide bonds. The van der Waals surface area contributed by atoms with E-state index in [1.807, 2.05) is 23.9 Å². The van der Waals surface area contributed by atoms with Gasteiger partial charge in [-0.1, -0.05) is 113 Å². The predicted octanol–water partition coefficient (Wildman–Crippen LogP) is 8.72. The molecule has 0 bridgehead atoms. The molecule has 0 aromatic heterocycles. The van der Waals surface area contributed by atoms with Crippen molar-refractivity contribution in [3.63, 3.8) is 0 Å². The van der Waals surface area contributed by atoms with Gasteiger partial charge in [-0.05, 0) is 56.1 Å². The molecule has 5 unspecified atom stereocenters. The molecular formula is C35H56ClN3O2S. The van der Waals surface area contributed by atoms with Gasteiger partial charge in [-0.3, -0.25) is 10.1 Å². The third-order valence-corrected chi connectivity index (χ3v) is 12.8. The van der Waals surface area contributed by atoms with Gasteiger partial charge in [0, 0.05) is 40.7 Å². The molecule has 7 heteroatoms. The molecule has 1 aromatic rings. The minimum absolute atomic E-state index is 0.120. The fraction of sp³-hybridized carbons (Fsp3) is 0.800. The van der Waals surface area contributed by atoms with E-state index in [-0.39, 0.29) is 22.7 Å². The van der Waals surface area contributed by atoms with E-state index in [1.54, 1.807) is 0 Å². The SMILES string of the molecule is CC1(C2CCCCCCC2)NOCC1CC(=O)NCC1SC(c2ccccc2Cl)NC1C1CCCCCCCCCC1. The van der Waals surface area contributed by atoms with Gasteiger partial charge in [-0.25, -0.2) is 0 Å². The van der Waals surface area contributed by atoms with Crippen LogP contribution in [0.4, 0.5) is 0 Å². The zero-order valence-electron chi connectivity index (χ0n) is 26.0. The van der Waals surface area contributed by atoms with Crippen LogP contribution in [-0.2, 0) is 9.63 Å². The fourth-order valence-electron chi connectivity index (χ4n) is 8.23. The van der Waals surface area contributed by atoms with E-state index in [1.165, 1.54) is 115 Å². The highest BCUT2D eigenvalue weighted by atomic mass is 35.5. The fourth-order valence-corrected chi connectivity index (χ4v) is 10.1. The summed E-state index contributed by atoms with van der Waals surface area (Å²) in [5.41, 5.74) is 4.45. The summed E-state index contributed by atoms with van der Waals surface area (Å²) in [4.78, 5) is 19.4. The van der Waals surface area contributed by atoms with Crippen LogP contribution in [0.1, 0.15) is 133 Å². The third kappa shape index (κ3) is 8.68. The molecule has 236 valence electrons. The van der Waals surface area contributed by atoms with E-state index in [4.69, 9.17) is 16.4 Å². The second-order valence-electron chi connectivity index (χ2n) is 13.9. The summed E-state index contributed by atoms with van der Waals surface area (Å²) in [6.45, 7) is 3.64. The largest absolute Gasteiger partial charge is 0.355 e. The van der Waals surface area contributed by atoms with E-state index in [9.17, 15) is 4.79 Å². The second kappa shape index (κ2) is 16.5. The Morgan fingerprint density at radius 2 is 1.52 bits per heavy atom. The van der Waals surface area contributed by atoms with E-state index in [0.717, 1.165) is 5.02 Å². The van der Waals surface area contributed by atoms with Crippen LogP contribution in [-0.4, -0.2) is 35.9 Å². The van der Waals surface area contributed by atoms with E-state index >= 15 is 0 Å². The zero-order chi connectivity index (χ0) is 29.2. The summed E-state index contributed by atoms with van der Waals surface area (Å²) >= 11 is 8.65. The topological polar surface area (TPSA) is 62.4 Å². The van der Waals surface area contributed by atoms with Crippen molar-refractivity contribution in [2.75, 3.05) is 13.2 Å². The molecule has 2 aliphatic carbocycles. The van der Waals surface area contributed by atoms with Crippen LogP contribution >= 0.6 is 23.4 Å². The predicted molar refractivity (Wildman–Crippen MR) is 177 cm³/mol. The first-order valence-corrected chi connectivity index (χ1v) is 18.7. The lowest BCUT2D eigenvalue weighted by molar-refractivity contribution is -0.122. The van der Waals surface area contributed by atoms with E-state index in [0.29, 0.717) is 42.7 Å². The van der Waals surface area contributed by atoms with Gasteiger partial charge in [0.15, 0.2) is 0 Å². The number of hydrogen-bond acceptors (Lipinski definition) is 5. The van der Waals surface area contributed by atoms with E-state index in [2.05, 4.69) is 35.2 Å². The van der Waals surface area contributed by atoms with Crippen LogP contribution in [0, 0.1) is 17.8 Å². The molecule has 4 fully saturated rings. The minimum Gasteiger partial charge on any atom is -0.355 e. The van der Waals surface area contributed by atoms with Gasteiger partial charge in [-0.15, -0.1) is 11.8 Å². The Balaban J connectivity index is 1.23. The first-order chi connectivity index (χ1) is 20.5. The van der Waals surface area contributed by atoms with Crippen LogP contribution in [0.2, 0.25) is 5.02 Å². The van der Waals surface area contributed by atoms with Gasteiger partial charge in [0.05, 0.1) is 12.0 Å². The monoisotopic (exact) mass is 617 g/mol. The molecule has 0 spiro atoms. The Morgan fingerprint density at radius 1 is 0.929 bits per heavy atom. The summed E-state index contributed by atoms with van der Waals surface area (Å²) in [6.07, 6.45) is 23.1. The first kappa shape index (κ1) is 32.6. The normalized spacial score (nSPS) is 33.0. The number of benzene rings is 1. The number of hydroxylamine groups is 1. The Morgan fingerprint density at radius 3 is 2.17 bits per heavy atom. The van der Waals surface area contributed by atoms with Crippen LogP contribution < -0.4 is 16.1 Å². The van der Waals surface area contributed by atoms with Gasteiger partial charge >= 0.3 is 0 Å². The maximum Gasteiger partial charge on any atom is 0.220 e. The number of rotatable bonds is 7. The van der Waals surface area contributed by atoms with Crippen molar-refractivity contribution in [1.82, 2.24) is 16.1 Å². The zero-order valence-corrected chi connectivity index (χ0v) is 27.6. The van der Waals surface area contributed by atoms with Crippen LogP contribution in [0.25, 0.3) is 0 Å². The number of thioether (sulfide) groups is 1. The van der Waals surface area contributed by atoms with Crippen LogP contribution in [0.5, 0.6) is 0 Å². The van der Waals surface area contributed by atoms with Crippen LogP contribution in [0.3, 0.4) is 0 Å². The standard InChI is InChI=1S/C35H56ClN3O2S/c1-35(27-19-13-9-6-10-14-20-27)28(25-41-39-35)23-32(40)37-24-31-33(26-17-11-7-4-2-3-5-8-12-18-26)38-34(42-31)29-21-15-16-22-30(29)36/h15-16,21-22,26-28,31,33-34,38-39H,2-14,17-20,23-25H2,1H3,(H,37,40). The quantitative estimate of drug-likeness (QED) is 0.286. The highest BCUT2D eigenvalue weighted by Gasteiger charge is 2.46. The van der Waals surface area contributed by atoms with Crippen molar-refractivity contribution in [1.29, 1.82) is 0 Å². The molecule has 1 aromatic carbocycles. The number of hydrogen-bond donors (Lipinski definition) is 3. The molecule has 4 aliphatic rings. The Hall–Kier alpha value is -0.790. The smallest absolute Gasteiger partial charge is 0.220 e. The molecule has 5 atom stereocenters. The number of carbonyl (C=O) groups excluding carboxylic acids is 1. The summed E-state index contributed by atoms with van der Waals surface area (Å²) in [5.74, 6) is 1.60. The van der Waals surface area contributed by atoms with Gasteiger partial charge in [0.25, 0.3) is 0 Å². The number of halogens is 1. The Bertz CT molecular complexity index is 961. The Kier molecular flexibility index (Phi) is 12.8. The van der Waals surface area contributed by atoms with E-state index < -0.39 is 0 Å². The first-order valence-electron chi connectivity index (χ1n) is 17.4. The second-order valence-corrected chi connectivity index (χ2v) is 15.6. The lowest BCUT2D eigenvalue weighted by Crippen LogP contribution is -2.50. The van der Waals surface area contributed by atoms with Crippen molar-refractivity contribution < 1.29 is 9.63 Å². The highest BCUT2D eigenvalue weighted by molar-refractivity contribution is 8.00. The molecule has 2 saturated carbocycles. The average Bonchev–Trinajstić information content (AvgIpc) is 3.53. The molecule has 5 rings (SSSR count). The lowest BCUT2D eigenvalue weighted by Gasteiger charge is -2.38.